The van der Waals surface area contributed by atoms with Crippen LogP contribution in [0.4, 0.5) is 0 Å². The van der Waals surface area contributed by atoms with Crippen LogP contribution in [-0.2, 0) is 0 Å². The Kier molecular flexibility index (Phi) is 8.52. The highest BCUT2D eigenvalue weighted by molar-refractivity contribution is 5.19. The van der Waals surface area contributed by atoms with Gasteiger partial charge in [0, 0.05) is 0 Å². The van der Waals surface area contributed by atoms with Crippen molar-refractivity contribution in [2.75, 3.05) is 0 Å². The zero-order chi connectivity index (χ0) is 14.9. The van der Waals surface area contributed by atoms with Crippen LogP contribution in [0.3, 0.4) is 0 Å². The number of aliphatic hydroxyl groups excluding tert-OH is 2. The molecule has 0 aliphatic heterocycles. The van der Waals surface area contributed by atoms with Crippen LogP contribution >= 0.6 is 0 Å². The molecule has 0 saturated heterocycles. The summed E-state index contributed by atoms with van der Waals surface area (Å²) in [5.74, 6) is 7.61. The number of terminal acetylenes is 1. The Morgan fingerprint density at radius 3 is 2.21 bits per heavy atom. The lowest BCUT2D eigenvalue weighted by atomic mass is 9.86. The molecular formula is C16H26O3. The second kappa shape index (κ2) is 8.99. The van der Waals surface area contributed by atoms with Gasteiger partial charge in [-0.1, -0.05) is 38.0 Å². The number of hydrogen-bond acceptors (Lipinski definition) is 3. The van der Waals surface area contributed by atoms with E-state index in [-0.39, 0.29) is 5.92 Å². The standard InChI is InChI=1S/C16H26O3/c1-5-8-13(16(4,19)7-3)9-10-15(18)12-11-14(17)6-2/h3,13-15,17-19H,5-6,8,11-12H2,1-2,4H3. The van der Waals surface area contributed by atoms with E-state index in [0.29, 0.717) is 25.7 Å². The van der Waals surface area contributed by atoms with Gasteiger partial charge >= 0.3 is 0 Å². The largest absolute Gasteiger partial charge is 0.393 e. The minimum absolute atomic E-state index is 0.340. The molecule has 0 bridgehead atoms. The average molecular weight is 266 g/mol. The second-order valence-electron chi connectivity index (χ2n) is 5.08. The van der Waals surface area contributed by atoms with Gasteiger partial charge in [0.25, 0.3) is 0 Å². The first-order chi connectivity index (χ1) is 8.87. The molecular weight excluding hydrogens is 240 g/mol. The SMILES string of the molecule is C#CC(C)(O)C(C#CC(O)CCC(O)CC)CCC. The van der Waals surface area contributed by atoms with Crippen LogP contribution in [0.15, 0.2) is 0 Å². The first kappa shape index (κ1) is 18.0. The molecule has 0 fully saturated rings. The molecule has 0 spiro atoms. The summed E-state index contributed by atoms with van der Waals surface area (Å²) in [6.45, 7) is 5.45. The van der Waals surface area contributed by atoms with Crippen LogP contribution in [0.25, 0.3) is 0 Å². The average Bonchev–Trinajstić information content (AvgIpc) is 2.40. The van der Waals surface area contributed by atoms with Gasteiger partial charge in [-0.2, -0.15) is 0 Å². The van der Waals surface area contributed by atoms with Crippen LogP contribution < -0.4 is 0 Å². The van der Waals surface area contributed by atoms with Crippen LogP contribution in [0.5, 0.6) is 0 Å². The van der Waals surface area contributed by atoms with Crippen molar-refractivity contribution < 1.29 is 15.3 Å². The number of hydrogen-bond donors (Lipinski definition) is 3. The molecule has 0 amide bonds. The van der Waals surface area contributed by atoms with Gasteiger partial charge in [0.05, 0.1) is 12.0 Å². The van der Waals surface area contributed by atoms with Crippen LogP contribution in [-0.4, -0.2) is 33.1 Å². The van der Waals surface area contributed by atoms with E-state index >= 15 is 0 Å². The molecule has 0 aromatic heterocycles. The van der Waals surface area contributed by atoms with Crippen molar-refractivity contribution in [1.29, 1.82) is 0 Å². The van der Waals surface area contributed by atoms with E-state index in [1.165, 1.54) is 0 Å². The molecule has 19 heavy (non-hydrogen) atoms. The lowest BCUT2D eigenvalue weighted by Gasteiger charge is -2.23. The van der Waals surface area contributed by atoms with E-state index < -0.39 is 17.8 Å². The van der Waals surface area contributed by atoms with Gasteiger partial charge in [-0.05, 0) is 32.6 Å². The van der Waals surface area contributed by atoms with Crippen molar-refractivity contribution in [3.05, 3.63) is 0 Å². The van der Waals surface area contributed by atoms with Gasteiger partial charge in [0.15, 0.2) is 0 Å². The molecule has 3 N–H and O–H groups in total. The van der Waals surface area contributed by atoms with Gasteiger partial charge in [-0.15, -0.1) is 6.42 Å². The molecule has 0 heterocycles. The molecule has 3 heteroatoms. The smallest absolute Gasteiger partial charge is 0.136 e. The summed E-state index contributed by atoms with van der Waals surface area (Å²) in [5, 5.41) is 29.2. The first-order valence-electron chi connectivity index (χ1n) is 6.94. The third-order valence-corrected chi connectivity index (χ3v) is 3.22. The van der Waals surface area contributed by atoms with Gasteiger partial charge in [0.2, 0.25) is 0 Å². The summed E-state index contributed by atoms with van der Waals surface area (Å²) >= 11 is 0. The van der Waals surface area contributed by atoms with E-state index in [1.54, 1.807) is 6.92 Å². The Morgan fingerprint density at radius 1 is 1.11 bits per heavy atom. The van der Waals surface area contributed by atoms with Crippen molar-refractivity contribution >= 4 is 0 Å². The van der Waals surface area contributed by atoms with Crippen LogP contribution in [0.2, 0.25) is 0 Å². The Hall–Kier alpha value is -1.00. The Bertz CT molecular complexity index is 343. The molecule has 108 valence electrons. The molecule has 0 radical (unpaired) electrons. The van der Waals surface area contributed by atoms with Gasteiger partial charge in [-0.25, -0.2) is 0 Å². The first-order valence-corrected chi connectivity index (χ1v) is 6.94. The fraction of sp³-hybridized carbons (Fsp3) is 0.750. The highest BCUT2D eigenvalue weighted by Gasteiger charge is 2.27. The monoisotopic (exact) mass is 266 g/mol. The molecule has 0 saturated carbocycles. The summed E-state index contributed by atoms with van der Waals surface area (Å²) in [6, 6.07) is 0. The predicted molar refractivity (Wildman–Crippen MR) is 77.2 cm³/mol. The van der Waals surface area contributed by atoms with Crippen LogP contribution in [0, 0.1) is 30.1 Å². The summed E-state index contributed by atoms with van der Waals surface area (Å²) < 4.78 is 0. The maximum atomic E-state index is 10.0. The topological polar surface area (TPSA) is 60.7 Å². The third kappa shape index (κ3) is 7.23. The van der Waals surface area contributed by atoms with E-state index in [0.717, 1.165) is 6.42 Å². The fourth-order valence-electron chi connectivity index (χ4n) is 1.71. The zero-order valence-corrected chi connectivity index (χ0v) is 12.2. The lowest BCUT2D eigenvalue weighted by molar-refractivity contribution is 0.0768. The fourth-order valence-corrected chi connectivity index (χ4v) is 1.71. The summed E-state index contributed by atoms with van der Waals surface area (Å²) in [6.07, 6.45) is 7.30. The minimum atomic E-state index is -1.27. The summed E-state index contributed by atoms with van der Waals surface area (Å²) in [7, 11) is 0. The second-order valence-corrected chi connectivity index (χ2v) is 5.08. The van der Waals surface area contributed by atoms with Crippen molar-refractivity contribution in [2.45, 2.75) is 70.7 Å². The quantitative estimate of drug-likeness (QED) is 0.615. The predicted octanol–water partition coefficient (Wildman–Crippen LogP) is 1.70. The van der Waals surface area contributed by atoms with Gasteiger partial charge < -0.3 is 15.3 Å². The van der Waals surface area contributed by atoms with Crippen molar-refractivity contribution in [3.8, 4) is 24.2 Å². The van der Waals surface area contributed by atoms with E-state index in [2.05, 4.69) is 17.8 Å². The van der Waals surface area contributed by atoms with Crippen molar-refractivity contribution in [1.82, 2.24) is 0 Å². The molecule has 0 aliphatic carbocycles. The molecule has 0 aromatic rings. The highest BCUT2D eigenvalue weighted by Crippen LogP contribution is 2.20. The van der Waals surface area contributed by atoms with E-state index in [4.69, 9.17) is 6.42 Å². The molecule has 0 aliphatic rings. The lowest BCUT2D eigenvalue weighted by Crippen LogP contribution is -2.32. The molecule has 0 rings (SSSR count). The molecule has 4 unspecified atom stereocenters. The minimum Gasteiger partial charge on any atom is -0.393 e. The van der Waals surface area contributed by atoms with E-state index in [9.17, 15) is 15.3 Å². The normalized spacial score (nSPS) is 18.4. The van der Waals surface area contributed by atoms with Crippen molar-refractivity contribution in [2.24, 2.45) is 5.92 Å². The van der Waals surface area contributed by atoms with Crippen molar-refractivity contribution in [3.63, 3.8) is 0 Å². The number of aliphatic hydroxyl groups is 3. The highest BCUT2D eigenvalue weighted by atomic mass is 16.3. The Labute approximate surface area is 117 Å². The van der Waals surface area contributed by atoms with Gasteiger partial charge in [-0.3, -0.25) is 0 Å². The maximum absolute atomic E-state index is 10.0. The Balaban J connectivity index is 4.53. The zero-order valence-electron chi connectivity index (χ0n) is 12.2. The summed E-state index contributed by atoms with van der Waals surface area (Å²) in [4.78, 5) is 0. The number of rotatable bonds is 7. The van der Waals surface area contributed by atoms with Crippen LogP contribution in [0.1, 0.15) is 52.9 Å². The van der Waals surface area contributed by atoms with E-state index in [1.807, 2.05) is 13.8 Å². The Morgan fingerprint density at radius 2 is 1.74 bits per heavy atom. The molecule has 3 nitrogen and oxygen atoms in total. The maximum Gasteiger partial charge on any atom is 0.136 e. The molecule has 0 aromatic carbocycles. The summed E-state index contributed by atoms with van der Waals surface area (Å²) in [5.41, 5.74) is -1.27. The molecule has 4 atom stereocenters. The third-order valence-electron chi connectivity index (χ3n) is 3.22. The van der Waals surface area contributed by atoms with Gasteiger partial charge in [0.1, 0.15) is 11.7 Å².